The Labute approximate surface area is 106 Å². The minimum Gasteiger partial charge on any atom is -0.381 e. The van der Waals surface area contributed by atoms with Gasteiger partial charge in [0.2, 0.25) is 0 Å². The highest BCUT2D eigenvalue weighted by molar-refractivity contribution is 4.66. The molecule has 0 spiro atoms. The van der Waals surface area contributed by atoms with Crippen LogP contribution >= 0.6 is 0 Å². The molecule has 2 atom stereocenters. The summed E-state index contributed by atoms with van der Waals surface area (Å²) < 4.78 is 16.1. The highest BCUT2D eigenvalue weighted by Gasteiger charge is 2.21. The molecule has 0 N–H and O–H groups in total. The summed E-state index contributed by atoms with van der Waals surface area (Å²) in [5.74, 6) is 0.702. The first-order chi connectivity index (χ1) is 8.33. The highest BCUT2D eigenvalue weighted by atomic mass is 16.6. The maximum absolute atomic E-state index is 5.61. The van der Waals surface area contributed by atoms with Crippen LogP contribution in [-0.4, -0.2) is 39.1 Å². The second-order valence-corrected chi connectivity index (χ2v) is 5.03. The smallest absolute Gasteiger partial charge is 0.104 e. The summed E-state index contributed by atoms with van der Waals surface area (Å²) in [7, 11) is 0. The van der Waals surface area contributed by atoms with Gasteiger partial charge in [0.15, 0.2) is 0 Å². The average Bonchev–Trinajstić information content (AvgIpc) is 3.15. The molecule has 17 heavy (non-hydrogen) atoms. The zero-order valence-corrected chi connectivity index (χ0v) is 11.5. The third-order valence-electron chi connectivity index (χ3n) is 3.13. The zero-order chi connectivity index (χ0) is 12.3. The van der Waals surface area contributed by atoms with E-state index >= 15 is 0 Å². The predicted molar refractivity (Wildman–Crippen MR) is 69.3 cm³/mol. The minimum absolute atomic E-state index is 0.406. The second-order valence-electron chi connectivity index (χ2n) is 5.03. The van der Waals surface area contributed by atoms with Gasteiger partial charge in [-0.2, -0.15) is 0 Å². The Morgan fingerprint density at radius 2 is 1.76 bits per heavy atom. The molecule has 1 rings (SSSR count). The Kier molecular flexibility index (Phi) is 8.67. The van der Waals surface area contributed by atoms with Gasteiger partial charge >= 0.3 is 0 Å². The van der Waals surface area contributed by atoms with Crippen molar-refractivity contribution in [3.63, 3.8) is 0 Å². The number of hydrogen-bond donors (Lipinski definition) is 0. The Balaban J connectivity index is 1.66. The monoisotopic (exact) mass is 244 g/mol. The number of ether oxygens (including phenoxy) is 3. The molecule has 0 aliphatic carbocycles. The summed E-state index contributed by atoms with van der Waals surface area (Å²) in [6, 6.07) is 0. The molecule has 1 aliphatic heterocycles. The van der Waals surface area contributed by atoms with E-state index in [0.717, 1.165) is 39.5 Å². The fraction of sp³-hybridized carbons (Fsp3) is 1.00. The quantitative estimate of drug-likeness (QED) is 0.390. The van der Waals surface area contributed by atoms with Crippen LogP contribution < -0.4 is 0 Å². The molecule has 1 fully saturated rings. The van der Waals surface area contributed by atoms with Crippen LogP contribution in [0.15, 0.2) is 0 Å². The van der Waals surface area contributed by atoms with Gasteiger partial charge in [0.1, 0.15) is 6.10 Å². The van der Waals surface area contributed by atoms with Crippen molar-refractivity contribution in [2.24, 2.45) is 5.92 Å². The number of rotatable bonds is 12. The Hall–Kier alpha value is -0.120. The average molecular weight is 244 g/mol. The molecule has 0 radical (unpaired) electrons. The Morgan fingerprint density at radius 3 is 2.35 bits per heavy atom. The summed E-state index contributed by atoms with van der Waals surface area (Å²) in [4.78, 5) is 0. The van der Waals surface area contributed by atoms with E-state index in [1.165, 1.54) is 25.7 Å². The molecule has 0 aromatic carbocycles. The molecule has 1 heterocycles. The fourth-order valence-electron chi connectivity index (χ4n) is 1.54. The van der Waals surface area contributed by atoms with Crippen LogP contribution in [0.25, 0.3) is 0 Å². The molecule has 2 unspecified atom stereocenters. The Bertz CT molecular complexity index is 169. The van der Waals surface area contributed by atoms with Crippen LogP contribution in [0.4, 0.5) is 0 Å². The van der Waals surface area contributed by atoms with Crippen molar-refractivity contribution in [2.45, 2.75) is 52.1 Å². The van der Waals surface area contributed by atoms with Crippen LogP contribution in [0, 0.1) is 5.92 Å². The van der Waals surface area contributed by atoms with Crippen molar-refractivity contribution in [2.75, 3.05) is 33.0 Å². The van der Waals surface area contributed by atoms with Crippen LogP contribution in [0.1, 0.15) is 46.0 Å². The van der Waals surface area contributed by atoms with E-state index in [0.29, 0.717) is 12.0 Å². The van der Waals surface area contributed by atoms with Crippen molar-refractivity contribution in [1.29, 1.82) is 0 Å². The third kappa shape index (κ3) is 9.57. The van der Waals surface area contributed by atoms with Crippen LogP contribution in [0.3, 0.4) is 0 Å². The first-order valence-electron chi connectivity index (χ1n) is 7.10. The van der Waals surface area contributed by atoms with E-state index < -0.39 is 0 Å². The molecule has 3 heteroatoms. The molecular formula is C14H28O3. The largest absolute Gasteiger partial charge is 0.381 e. The summed E-state index contributed by atoms with van der Waals surface area (Å²) in [6.07, 6.45) is 6.47. The van der Waals surface area contributed by atoms with Crippen molar-refractivity contribution in [1.82, 2.24) is 0 Å². The van der Waals surface area contributed by atoms with Crippen molar-refractivity contribution in [3.8, 4) is 0 Å². The van der Waals surface area contributed by atoms with Gasteiger partial charge in [0, 0.05) is 19.8 Å². The number of hydrogen-bond acceptors (Lipinski definition) is 3. The van der Waals surface area contributed by atoms with E-state index in [1.807, 2.05) is 0 Å². The molecule has 102 valence electrons. The topological polar surface area (TPSA) is 31.0 Å². The van der Waals surface area contributed by atoms with E-state index in [2.05, 4.69) is 13.8 Å². The van der Waals surface area contributed by atoms with E-state index in [9.17, 15) is 0 Å². The predicted octanol–water partition coefficient (Wildman–Crippen LogP) is 3.02. The van der Waals surface area contributed by atoms with E-state index in [1.54, 1.807) is 0 Å². The summed E-state index contributed by atoms with van der Waals surface area (Å²) in [5, 5.41) is 0. The molecule has 0 aromatic rings. The molecule has 3 nitrogen and oxygen atoms in total. The molecule has 1 saturated heterocycles. The second kappa shape index (κ2) is 9.86. The lowest BCUT2D eigenvalue weighted by atomic mass is 10.1. The van der Waals surface area contributed by atoms with E-state index in [-0.39, 0.29) is 0 Å². The normalized spacial score (nSPS) is 20.5. The molecule has 1 aliphatic rings. The van der Waals surface area contributed by atoms with Gasteiger partial charge in [-0.1, -0.05) is 33.1 Å². The van der Waals surface area contributed by atoms with Gasteiger partial charge in [-0.25, -0.2) is 0 Å². The first kappa shape index (κ1) is 14.9. The van der Waals surface area contributed by atoms with Crippen molar-refractivity contribution < 1.29 is 14.2 Å². The van der Waals surface area contributed by atoms with Crippen molar-refractivity contribution in [3.05, 3.63) is 0 Å². The van der Waals surface area contributed by atoms with Gasteiger partial charge in [0.05, 0.1) is 13.2 Å². The number of unbranched alkanes of at least 4 members (excludes halogenated alkanes) is 3. The number of epoxide rings is 1. The third-order valence-corrected chi connectivity index (χ3v) is 3.13. The lowest BCUT2D eigenvalue weighted by Crippen LogP contribution is -2.06. The van der Waals surface area contributed by atoms with Gasteiger partial charge in [-0.3, -0.25) is 0 Å². The highest BCUT2D eigenvalue weighted by Crippen LogP contribution is 2.09. The molecule has 0 saturated carbocycles. The standard InChI is InChI=1S/C14H28O3/c1-3-13(2)10-15-8-6-4-5-7-9-16-11-14-12-17-14/h13-14H,3-12H2,1-2H3. The summed E-state index contributed by atoms with van der Waals surface area (Å²) in [5.41, 5.74) is 0. The fourth-order valence-corrected chi connectivity index (χ4v) is 1.54. The SMILES string of the molecule is CCC(C)COCCCCCCOCC1CO1. The Morgan fingerprint density at radius 1 is 1.12 bits per heavy atom. The van der Waals surface area contributed by atoms with Crippen LogP contribution in [0.5, 0.6) is 0 Å². The maximum Gasteiger partial charge on any atom is 0.104 e. The summed E-state index contributed by atoms with van der Waals surface area (Å²) in [6.45, 7) is 8.85. The van der Waals surface area contributed by atoms with Crippen molar-refractivity contribution >= 4 is 0 Å². The zero-order valence-electron chi connectivity index (χ0n) is 11.5. The summed E-state index contributed by atoms with van der Waals surface area (Å²) >= 11 is 0. The van der Waals surface area contributed by atoms with Gasteiger partial charge in [-0.05, 0) is 18.8 Å². The van der Waals surface area contributed by atoms with Crippen LogP contribution in [-0.2, 0) is 14.2 Å². The minimum atomic E-state index is 0.406. The first-order valence-corrected chi connectivity index (χ1v) is 7.10. The molecule has 0 amide bonds. The lowest BCUT2D eigenvalue weighted by Gasteiger charge is -2.09. The molecule has 0 bridgehead atoms. The van der Waals surface area contributed by atoms with Gasteiger partial charge in [0.25, 0.3) is 0 Å². The van der Waals surface area contributed by atoms with Gasteiger partial charge in [-0.15, -0.1) is 0 Å². The van der Waals surface area contributed by atoms with Gasteiger partial charge < -0.3 is 14.2 Å². The maximum atomic E-state index is 5.61. The van der Waals surface area contributed by atoms with E-state index in [4.69, 9.17) is 14.2 Å². The molecule has 0 aromatic heterocycles. The lowest BCUT2D eigenvalue weighted by molar-refractivity contribution is 0.0968. The van der Waals surface area contributed by atoms with Crippen LogP contribution in [0.2, 0.25) is 0 Å². The molecular weight excluding hydrogens is 216 g/mol.